The molecule has 1 heterocycles. The number of para-hydroxylation sites is 1. The van der Waals surface area contributed by atoms with Crippen LogP contribution in [0.1, 0.15) is 16.1 Å². The molecule has 2 aromatic rings. The molecule has 0 bridgehead atoms. The van der Waals surface area contributed by atoms with Crippen LogP contribution in [0, 0.1) is 11.3 Å². The van der Waals surface area contributed by atoms with Crippen molar-refractivity contribution in [3.8, 4) is 17.7 Å². The van der Waals surface area contributed by atoms with Crippen LogP contribution in [0.3, 0.4) is 0 Å². The van der Waals surface area contributed by atoms with Crippen molar-refractivity contribution in [3.05, 3.63) is 47.9 Å². The van der Waals surface area contributed by atoms with Gasteiger partial charge in [-0.1, -0.05) is 12.1 Å². The molecular weight excluding hydrogens is 234 g/mol. The highest BCUT2D eigenvalue weighted by Crippen LogP contribution is 2.24. The molecule has 6 nitrogen and oxygen atoms in total. The normalized spacial score (nSPS) is 9.50. The summed E-state index contributed by atoms with van der Waals surface area (Å²) in [5.74, 6) is -1.02. The highest BCUT2D eigenvalue weighted by atomic mass is 16.5. The monoisotopic (exact) mass is 241 g/mol. The van der Waals surface area contributed by atoms with Crippen molar-refractivity contribution in [3.63, 3.8) is 0 Å². The maximum atomic E-state index is 11.0. The summed E-state index contributed by atoms with van der Waals surface area (Å²) in [5.41, 5.74) is -0.00950. The van der Waals surface area contributed by atoms with E-state index < -0.39 is 5.97 Å². The standard InChI is InChI=1S/C12H7N3O3/c13-7-9-11(15-6-5-14-9)18-10-4-2-1-3-8(10)12(16)17/h1-6H,(H,16,17). The Balaban J connectivity index is 2.41. The highest BCUT2D eigenvalue weighted by molar-refractivity contribution is 5.90. The van der Waals surface area contributed by atoms with Crippen molar-refractivity contribution in [2.45, 2.75) is 0 Å². The quantitative estimate of drug-likeness (QED) is 0.880. The van der Waals surface area contributed by atoms with Crippen molar-refractivity contribution >= 4 is 5.97 Å². The molecule has 0 amide bonds. The Labute approximate surface area is 102 Å². The van der Waals surface area contributed by atoms with Crippen molar-refractivity contribution in [1.82, 2.24) is 9.97 Å². The number of hydrogen-bond acceptors (Lipinski definition) is 5. The van der Waals surface area contributed by atoms with Crippen LogP contribution in [0.5, 0.6) is 11.6 Å². The van der Waals surface area contributed by atoms with Crippen molar-refractivity contribution in [2.75, 3.05) is 0 Å². The van der Waals surface area contributed by atoms with Crippen LogP contribution < -0.4 is 4.74 Å². The lowest BCUT2D eigenvalue weighted by atomic mass is 10.2. The number of hydrogen-bond donors (Lipinski definition) is 1. The van der Waals surface area contributed by atoms with E-state index in [1.54, 1.807) is 12.1 Å². The minimum Gasteiger partial charge on any atom is -0.478 e. The number of carbonyl (C=O) groups is 1. The van der Waals surface area contributed by atoms with E-state index in [1.807, 2.05) is 6.07 Å². The molecule has 0 aliphatic carbocycles. The lowest BCUT2D eigenvalue weighted by Gasteiger charge is -2.07. The van der Waals surface area contributed by atoms with Gasteiger partial charge >= 0.3 is 5.97 Å². The topological polar surface area (TPSA) is 96.1 Å². The first-order chi connectivity index (χ1) is 8.72. The molecule has 1 aromatic heterocycles. The summed E-state index contributed by atoms with van der Waals surface area (Å²) in [5, 5.41) is 17.8. The van der Waals surface area contributed by atoms with E-state index in [9.17, 15) is 4.79 Å². The molecule has 0 spiro atoms. The zero-order valence-corrected chi connectivity index (χ0v) is 9.07. The number of rotatable bonds is 3. The van der Waals surface area contributed by atoms with Crippen molar-refractivity contribution in [2.24, 2.45) is 0 Å². The van der Waals surface area contributed by atoms with Crippen molar-refractivity contribution in [1.29, 1.82) is 5.26 Å². The van der Waals surface area contributed by atoms with Gasteiger partial charge in [0.25, 0.3) is 5.88 Å². The predicted molar refractivity (Wildman–Crippen MR) is 60.2 cm³/mol. The number of benzene rings is 1. The summed E-state index contributed by atoms with van der Waals surface area (Å²) in [6, 6.07) is 7.92. The molecule has 0 aliphatic rings. The first-order valence-electron chi connectivity index (χ1n) is 4.93. The molecule has 0 fully saturated rings. The Morgan fingerprint density at radius 2 is 2.00 bits per heavy atom. The van der Waals surface area contributed by atoms with Gasteiger partial charge in [0.05, 0.1) is 0 Å². The van der Waals surface area contributed by atoms with E-state index in [0.717, 1.165) is 0 Å². The van der Waals surface area contributed by atoms with E-state index in [4.69, 9.17) is 15.1 Å². The molecule has 0 saturated carbocycles. The van der Waals surface area contributed by atoms with Gasteiger partial charge < -0.3 is 9.84 Å². The van der Waals surface area contributed by atoms with E-state index in [0.29, 0.717) is 0 Å². The van der Waals surface area contributed by atoms with E-state index in [1.165, 1.54) is 24.5 Å². The van der Waals surface area contributed by atoms with Crippen LogP contribution in [-0.4, -0.2) is 21.0 Å². The number of aromatic carboxylic acids is 1. The average Bonchev–Trinajstić information content (AvgIpc) is 2.40. The van der Waals surface area contributed by atoms with Crippen LogP contribution >= 0.6 is 0 Å². The number of carboxylic acid groups (broad SMARTS) is 1. The van der Waals surface area contributed by atoms with Crippen LogP contribution in [0.25, 0.3) is 0 Å². The molecule has 2 rings (SSSR count). The molecule has 0 saturated heterocycles. The third-order valence-electron chi connectivity index (χ3n) is 2.09. The molecule has 1 N–H and O–H groups in total. The Bertz CT molecular complexity index is 634. The van der Waals surface area contributed by atoms with Gasteiger partial charge in [-0.05, 0) is 12.1 Å². The fourth-order valence-corrected chi connectivity index (χ4v) is 1.31. The number of aromatic nitrogens is 2. The Morgan fingerprint density at radius 3 is 2.72 bits per heavy atom. The van der Waals surface area contributed by atoms with Gasteiger partial charge in [0.15, 0.2) is 0 Å². The van der Waals surface area contributed by atoms with Gasteiger partial charge in [0.1, 0.15) is 17.4 Å². The summed E-state index contributed by atoms with van der Waals surface area (Å²) in [6.45, 7) is 0. The Hall–Kier alpha value is -2.94. The van der Waals surface area contributed by atoms with Crippen LogP contribution in [-0.2, 0) is 0 Å². The number of nitriles is 1. The van der Waals surface area contributed by atoms with Gasteiger partial charge in [0, 0.05) is 12.4 Å². The highest BCUT2D eigenvalue weighted by Gasteiger charge is 2.13. The zero-order valence-electron chi connectivity index (χ0n) is 9.07. The minimum absolute atomic E-state index is 0.00214. The summed E-state index contributed by atoms with van der Waals surface area (Å²) >= 11 is 0. The SMILES string of the molecule is N#Cc1nccnc1Oc1ccccc1C(=O)O. The smallest absolute Gasteiger partial charge is 0.339 e. The van der Waals surface area contributed by atoms with E-state index in [-0.39, 0.29) is 22.9 Å². The Morgan fingerprint density at radius 1 is 1.28 bits per heavy atom. The molecule has 1 aromatic carbocycles. The van der Waals surface area contributed by atoms with Gasteiger partial charge in [-0.15, -0.1) is 0 Å². The van der Waals surface area contributed by atoms with Gasteiger partial charge in [-0.25, -0.2) is 14.8 Å². The molecule has 0 atom stereocenters. The average molecular weight is 241 g/mol. The fourth-order valence-electron chi connectivity index (χ4n) is 1.31. The second-order valence-corrected chi connectivity index (χ2v) is 3.23. The lowest BCUT2D eigenvalue weighted by molar-refractivity contribution is 0.0694. The molecule has 0 radical (unpaired) electrons. The second-order valence-electron chi connectivity index (χ2n) is 3.23. The van der Waals surface area contributed by atoms with Gasteiger partial charge in [-0.2, -0.15) is 5.26 Å². The molecule has 88 valence electrons. The number of carboxylic acids is 1. The molecular formula is C12H7N3O3. The van der Waals surface area contributed by atoms with Crippen molar-refractivity contribution < 1.29 is 14.6 Å². The van der Waals surface area contributed by atoms with Gasteiger partial charge in [-0.3, -0.25) is 0 Å². The first kappa shape index (κ1) is 11.5. The summed E-state index contributed by atoms with van der Waals surface area (Å²) in [6.07, 6.45) is 2.72. The number of nitrogens with zero attached hydrogens (tertiary/aromatic N) is 3. The molecule has 18 heavy (non-hydrogen) atoms. The zero-order chi connectivity index (χ0) is 13.0. The summed E-state index contributed by atoms with van der Waals surface area (Å²) < 4.78 is 5.32. The number of ether oxygens (including phenoxy) is 1. The molecule has 0 unspecified atom stereocenters. The fraction of sp³-hybridized carbons (Fsp3) is 0. The maximum Gasteiger partial charge on any atom is 0.339 e. The molecule has 0 aliphatic heterocycles. The third-order valence-corrected chi connectivity index (χ3v) is 2.09. The minimum atomic E-state index is -1.12. The third kappa shape index (κ3) is 2.25. The predicted octanol–water partition coefficient (Wildman–Crippen LogP) is 1.84. The van der Waals surface area contributed by atoms with Gasteiger partial charge in [0.2, 0.25) is 5.69 Å². The Kier molecular flexibility index (Phi) is 3.16. The molecule has 6 heteroatoms. The maximum absolute atomic E-state index is 11.0. The second kappa shape index (κ2) is 4.93. The summed E-state index contributed by atoms with van der Waals surface area (Å²) in [4.78, 5) is 18.6. The summed E-state index contributed by atoms with van der Waals surface area (Å²) in [7, 11) is 0. The largest absolute Gasteiger partial charge is 0.478 e. The van der Waals surface area contributed by atoms with Crippen LogP contribution in [0.15, 0.2) is 36.7 Å². The van der Waals surface area contributed by atoms with Crippen LogP contribution in [0.2, 0.25) is 0 Å². The van der Waals surface area contributed by atoms with Crippen LogP contribution in [0.4, 0.5) is 0 Å². The lowest BCUT2D eigenvalue weighted by Crippen LogP contribution is -2.01. The van der Waals surface area contributed by atoms with E-state index >= 15 is 0 Å². The van der Waals surface area contributed by atoms with E-state index in [2.05, 4.69) is 9.97 Å². The first-order valence-corrected chi connectivity index (χ1v) is 4.93.